The van der Waals surface area contributed by atoms with Gasteiger partial charge in [0.15, 0.2) is 5.96 Å². The Kier molecular flexibility index (Phi) is 8.16. The van der Waals surface area contributed by atoms with Crippen molar-refractivity contribution >= 4 is 16.0 Å². The summed E-state index contributed by atoms with van der Waals surface area (Å²) in [6.45, 7) is 6.18. The number of aliphatic hydroxyl groups is 1. The summed E-state index contributed by atoms with van der Waals surface area (Å²) >= 11 is 0. The monoisotopic (exact) mass is 388 g/mol. The lowest BCUT2D eigenvalue weighted by Crippen LogP contribution is -2.43. The van der Waals surface area contributed by atoms with Crippen LogP contribution in [0, 0.1) is 11.3 Å². The molecule has 2 atom stereocenters. The highest BCUT2D eigenvalue weighted by Gasteiger charge is 2.35. The van der Waals surface area contributed by atoms with Gasteiger partial charge in [-0.3, -0.25) is 4.99 Å². The Morgan fingerprint density at radius 2 is 1.96 bits per heavy atom. The molecule has 7 nitrogen and oxygen atoms in total. The second-order valence-corrected chi connectivity index (χ2v) is 9.93. The maximum Gasteiger partial charge on any atom is 0.213 e. The van der Waals surface area contributed by atoms with E-state index in [9.17, 15) is 13.5 Å². The third-order valence-corrected chi connectivity index (χ3v) is 7.05. The summed E-state index contributed by atoms with van der Waals surface area (Å²) in [4.78, 5) is 4.59. The summed E-state index contributed by atoms with van der Waals surface area (Å²) in [5.74, 6) is 1.16. The molecule has 0 aromatic heterocycles. The molecule has 8 heteroatoms. The minimum Gasteiger partial charge on any atom is -0.392 e. The molecule has 0 amide bonds. The molecular weight excluding hydrogens is 352 g/mol. The van der Waals surface area contributed by atoms with Gasteiger partial charge in [0.1, 0.15) is 0 Å². The van der Waals surface area contributed by atoms with Gasteiger partial charge >= 0.3 is 0 Å². The van der Waals surface area contributed by atoms with Crippen molar-refractivity contribution in [3.8, 4) is 0 Å². The molecule has 2 unspecified atom stereocenters. The van der Waals surface area contributed by atoms with E-state index in [1.165, 1.54) is 6.42 Å². The van der Waals surface area contributed by atoms with E-state index in [1.54, 1.807) is 0 Å². The van der Waals surface area contributed by atoms with Crippen LogP contribution in [0.1, 0.15) is 58.8 Å². The first-order valence-electron chi connectivity index (χ1n) is 10.0. The summed E-state index contributed by atoms with van der Waals surface area (Å²) in [5.41, 5.74) is -0.197. The maximum absolute atomic E-state index is 12.1. The first kappa shape index (κ1) is 21.4. The third-order valence-electron chi connectivity index (χ3n) is 5.70. The second kappa shape index (κ2) is 9.90. The van der Waals surface area contributed by atoms with Crippen LogP contribution in [0.25, 0.3) is 0 Å². The standard InChI is InChI=1S/C18H36N4O3S/c1-3-19-17(21-14-18(2)10-5-4-9-16(18)23)20-11-12-26(24,25)22-13-15-7-6-8-15/h15-16,22-23H,3-14H2,1-2H3,(H2,19,20,21). The Bertz CT molecular complexity index is 563. The van der Waals surface area contributed by atoms with E-state index in [4.69, 9.17) is 0 Å². The highest BCUT2D eigenvalue weighted by molar-refractivity contribution is 7.89. The minimum atomic E-state index is -3.26. The van der Waals surface area contributed by atoms with Gasteiger partial charge in [0.05, 0.1) is 18.4 Å². The zero-order valence-electron chi connectivity index (χ0n) is 16.3. The Morgan fingerprint density at radius 1 is 1.19 bits per heavy atom. The normalized spacial score (nSPS) is 27.8. The van der Waals surface area contributed by atoms with Crippen molar-refractivity contribution in [3.63, 3.8) is 0 Å². The highest BCUT2D eigenvalue weighted by atomic mass is 32.2. The zero-order chi connectivity index (χ0) is 19.0. The van der Waals surface area contributed by atoms with Crippen LogP contribution in [-0.2, 0) is 10.0 Å². The van der Waals surface area contributed by atoms with Crippen LogP contribution in [-0.4, -0.2) is 57.5 Å². The molecule has 0 saturated heterocycles. The number of aliphatic imine (C=N–C) groups is 1. The fourth-order valence-electron chi connectivity index (χ4n) is 3.49. The number of nitrogens with zero attached hydrogens (tertiary/aromatic N) is 1. The molecule has 4 N–H and O–H groups in total. The Hall–Kier alpha value is -0.860. The largest absolute Gasteiger partial charge is 0.392 e. The van der Waals surface area contributed by atoms with E-state index >= 15 is 0 Å². The van der Waals surface area contributed by atoms with Crippen molar-refractivity contribution in [1.29, 1.82) is 0 Å². The van der Waals surface area contributed by atoms with Crippen LogP contribution in [0.2, 0.25) is 0 Å². The summed E-state index contributed by atoms with van der Waals surface area (Å²) in [7, 11) is -3.26. The van der Waals surface area contributed by atoms with Crippen molar-refractivity contribution in [2.75, 3.05) is 31.9 Å². The first-order chi connectivity index (χ1) is 12.3. The fourth-order valence-corrected chi connectivity index (χ4v) is 4.49. The average Bonchev–Trinajstić information content (AvgIpc) is 2.54. The van der Waals surface area contributed by atoms with Gasteiger partial charge in [-0.25, -0.2) is 13.1 Å². The van der Waals surface area contributed by atoms with Crippen molar-refractivity contribution in [2.24, 2.45) is 16.3 Å². The molecule has 0 aliphatic heterocycles. The molecule has 2 aliphatic rings. The first-order valence-corrected chi connectivity index (χ1v) is 11.7. The average molecular weight is 389 g/mol. The van der Waals surface area contributed by atoms with E-state index in [-0.39, 0.29) is 17.3 Å². The Balaban J connectivity index is 1.79. The lowest BCUT2D eigenvalue weighted by molar-refractivity contribution is 0.00716. The van der Waals surface area contributed by atoms with Gasteiger partial charge in [-0.15, -0.1) is 0 Å². The molecule has 2 fully saturated rings. The molecular formula is C18H36N4O3S. The molecule has 0 radical (unpaired) electrons. The van der Waals surface area contributed by atoms with Gasteiger partial charge in [-0.2, -0.15) is 0 Å². The zero-order valence-corrected chi connectivity index (χ0v) is 17.1. The SMILES string of the molecule is CCNC(=NCC1(C)CCCCC1O)NCCS(=O)(=O)NCC1CCC1. The lowest BCUT2D eigenvalue weighted by atomic mass is 9.73. The Labute approximate surface area is 158 Å². The van der Waals surface area contributed by atoms with Crippen LogP contribution in [0.5, 0.6) is 0 Å². The molecule has 2 aliphatic carbocycles. The molecule has 0 aromatic carbocycles. The van der Waals surface area contributed by atoms with Gasteiger partial charge in [-0.05, 0) is 38.5 Å². The van der Waals surface area contributed by atoms with Crippen LogP contribution in [0.15, 0.2) is 4.99 Å². The predicted molar refractivity (Wildman–Crippen MR) is 106 cm³/mol. The van der Waals surface area contributed by atoms with Gasteiger partial charge in [0, 0.05) is 25.0 Å². The predicted octanol–water partition coefficient (Wildman–Crippen LogP) is 1.20. The van der Waals surface area contributed by atoms with E-state index < -0.39 is 10.0 Å². The number of hydrogen-bond acceptors (Lipinski definition) is 4. The fraction of sp³-hybridized carbons (Fsp3) is 0.944. The number of rotatable bonds is 9. The van der Waals surface area contributed by atoms with Crippen LogP contribution < -0.4 is 15.4 Å². The van der Waals surface area contributed by atoms with Crippen molar-refractivity contribution in [3.05, 3.63) is 0 Å². The number of sulfonamides is 1. The molecule has 26 heavy (non-hydrogen) atoms. The molecule has 0 heterocycles. The quantitative estimate of drug-likeness (QED) is 0.351. The lowest BCUT2D eigenvalue weighted by Gasteiger charge is -2.37. The van der Waals surface area contributed by atoms with Gasteiger partial charge in [-0.1, -0.05) is 26.2 Å². The van der Waals surface area contributed by atoms with E-state index in [2.05, 4.69) is 27.3 Å². The summed E-state index contributed by atoms with van der Waals surface area (Å²) in [5, 5.41) is 16.5. The summed E-state index contributed by atoms with van der Waals surface area (Å²) in [6, 6.07) is 0. The number of aliphatic hydroxyl groups excluding tert-OH is 1. The van der Waals surface area contributed by atoms with Gasteiger partial charge in [0.25, 0.3) is 0 Å². The van der Waals surface area contributed by atoms with E-state index in [0.29, 0.717) is 38.1 Å². The number of nitrogens with one attached hydrogen (secondary N) is 3. The van der Waals surface area contributed by atoms with Gasteiger partial charge < -0.3 is 15.7 Å². The van der Waals surface area contributed by atoms with Crippen molar-refractivity contribution in [2.45, 2.75) is 64.9 Å². The van der Waals surface area contributed by atoms with Crippen molar-refractivity contribution in [1.82, 2.24) is 15.4 Å². The summed E-state index contributed by atoms with van der Waals surface area (Å²) in [6.07, 6.45) is 7.15. The van der Waals surface area contributed by atoms with E-state index in [0.717, 1.165) is 38.5 Å². The van der Waals surface area contributed by atoms with Gasteiger partial charge in [0.2, 0.25) is 10.0 Å². The van der Waals surface area contributed by atoms with E-state index in [1.807, 2.05) is 6.92 Å². The highest BCUT2D eigenvalue weighted by Crippen LogP contribution is 2.36. The number of hydrogen-bond donors (Lipinski definition) is 4. The molecule has 152 valence electrons. The molecule has 2 rings (SSSR count). The smallest absolute Gasteiger partial charge is 0.213 e. The molecule has 0 bridgehead atoms. The molecule has 2 saturated carbocycles. The molecule has 0 spiro atoms. The summed E-state index contributed by atoms with van der Waals surface area (Å²) < 4.78 is 26.8. The van der Waals surface area contributed by atoms with Crippen LogP contribution >= 0.6 is 0 Å². The van der Waals surface area contributed by atoms with Crippen LogP contribution in [0.4, 0.5) is 0 Å². The second-order valence-electron chi connectivity index (χ2n) is 8.00. The molecule has 0 aromatic rings. The Morgan fingerprint density at radius 3 is 2.58 bits per heavy atom. The van der Waals surface area contributed by atoms with Crippen LogP contribution in [0.3, 0.4) is 0 Å². The number of guanidine groups is 1. The minimum absolute atomic E-state index is 0.0318. The topological polar surface area (TPSA) is 103 Å². The van der Waals surface area contributed by atoms with Crippen molar-refractivity contribution < 1.29 is 13.5 Å². The maximum atomic E-state index is 12.1. The third kappa shape index (κ3) is 6.70.